The predicted octanol–water partition coefficient (Wildman–Crippen LogP) is -2.25. The summed E-state index contributed by atoms with van der Waals surface area (Å²) in [5.74, 6) is -2.51. The highest BCUT2D eigenvalue weighted by Gasteiger charge is 2.44. The number of piperazine rings is 1. The molecule has 84 valence electrons. The molecule has 1 saturated heterocycles. The number of carboxylic acids is 1. The Labute approximate surface area is 86.2 Å². The van der Waals surface area contributed by atoms with Gasteiger partial charge in [0.1, 0.15) is 6.54 Å². The zero-order chi connectivity index (χ0) is 11.6. The number of primary amides is 1. The van der Waals surface area contributed by atoms with Crippen molar-refractivity contribution in [3.05, 3.63) is 0 Å². The smallest absolute Gasteiger partial charge is 0.323 e. The Morgan fingerprint density at radius 1 is 1.67 bits per heavy atom. The van der Waals surface area contributed by atoms with Crippen LogP contribution < -0.4 is 11.1 Å². The Kier molecular flexibility index (Phi) is 2.94. The van der Waals surface area contributed by atoms with Gasteiger partial charge in [0.25, 0.3) is 5.91 Å². The van der Waals surface area contributed by atoms with Crippen LogP contribution in [0.1, 0.15) is 6.92 Å². The van der Waals surface area contributed by atoms with Crippen LogP contribution in [0.2, 0.25) is 0 Å². The average molecular weight is 215 g/mol. The third-order valence-electron chi connectivity index (χ3n) is 2.39. The van der Waals surface area contributed by atoms with Crippen molar-refractivity contribution in [3.63, 3.8) is 0 Å². The van der Waals surface area contributed by atoms with Crippen molar-refractivity contribution in [2.24, 2.45) is 5.73 Å². The lowest BCUT2D eigenvalue weighted by Crippen LogP contribution is -2.68. The molecule has 1 aliphatic rings. The summed E-state index contributed by atoms with van der Waals surface area (Å²) < 4.78 is 0. The summed E-state index contributed by atoms with van der Waals surface area (Å²) in [5.41, 5.74) is 3.60. The van der Waals surface area contributed by atoms with Crippen LogP contribution in [0.3, 0.4) is 0 Å². The van der Waals surface area contributed by atoms with Crippen molar-refractivity contribution in [1.82, 2.24) is 10.2 Å². The highest BCUT2D eigenvalue weighted by molar-refractivity contribution is 6.09. The van der Waals surface area contributed by atoms with Gasteiger partial charge in [0.05, 0.1) is 0 Å². The van der Waals surface area contributed by atoms with E-state index in [-0.39, 0.29) is 6.54 Å². The number of carbonyl (C=O) groups is 3. The topological polar surface area (TPSA) is 113 Å². The minimum Gasteiger partial charge on any atom is -0.480 e. The lowest BCUT2D eigenvalue weighted by Gasteiger charge is -2.37. The maximum atomic E-state index is 11.7. The van der Waals surface area contributed by atoms with E-state index >= 15 is 0 Å². The van der Waals surface area contributed by atoms with E-state index in [2.05, 4.69) is 5.32 Å². The Balaban J connectivity index is 2.84. The Bertz CT molecular complexity index is 317. The summed E-state index contributed by atoms with van der Waals surface area (Å²) >= 11 is 0. The molecule has 0 unspecified atom stereocenters. The van der Waals surface area contributed by atoms with Gasteiger partial charge in [-0.3, -0.25) is 19.7 Å². The van der Waals surface area contributed by atoms with Crippen LogP contribution in [-0.4, -0.2) is 53.0 Å². The molecule has 0 spiro atoms. The average Bonchev–Trinajstić information content (AvgIpc) is 2.12. The summed E-state index contributed by atoms with van der Waals surface area (Å²) in [5, 5.41) is 11.3. The first-order valence-corrected chi connectivity index (χ1v) is 4.44. The van der Waals surface area contributed by atoms with Crippen LogP contribution in [0.4, 0.5) is 0 Å². The second kappa shape index (κ2) is 3.85. The second-order valence-corrected chi connectivity index (χ2v) is 3.54. The molecule has 0 aliphatic carbocycles. The van der Waals surface area contributed by atoms with Gasteiger partial charge in [0.2, 0.25) is 5.91 Å². The van der Waals surface area contributed by atoms with Gasteiger partial charge < -0.3 is 15.7 Å². The van der Waals surface area contributed by atoms with Crippen molar-refractivity contribution in [1.29, 1.82) is 0 Å². The molecule has 1 heterocycles. The van der Waals surface area contributed by atoms with E-state index in [4.69, 9.17) is 10.8 Å². The fraction of sp³-hybridized carbons (Fsp3) is 0.625. The number of hydrogen-bond donors (Lipinski definition) is 3. The van der Waals surface area contributed by atoms with Gasteiger partial charge in [-0.25, -0.2) is 0 Å². The highest BCUT2D eigenvalue weighted by Crippen LogP contribution is 2.12. The molecule has 1 rings (SSSR count). The third-order valence-corrected chi connectivity index (χ3v) is 2.39. The standard InChI is InChI=1S/C8H13N3O4/c1-8(6(9)14)7(15)11(3-2-10-8)4-5(12)13/h10H,2-4H2,1H3,(H2,9,14)(H,12,13)/t8-/m0/s1. The number of nitrogens with one attached hydrogen (secondary N) is 1. The van der Waals surface area contributed by atoms with E-state index in [9.17, 15) is 14.4 Å². The van der Waals surface area contributed by atoms with Crippen LogP contribution in [0.15, 0.2) is 0 Å². The van der Waals surface area contributed by atoms with E-state index in [1.807, 2.05) is 0 Å². The van der Waals surface area contributed by atoms with E-state index in [0.717, 1.165) is 4.90 Å². The van der Waals surface area contributed by atoms with E-state index in [1.54, 1.807) is 0 Å². The third kappa shape index (κ3) is 2.07. The molecular formula is C8H13N3O4. The molecule has 0 bridgehead atoms. The second-order valence-electron chi connectivity index (χ2n) is 3.54. The number of aliphatic carboxylic acids is 1. The number of hydrogen-bond acceptors (Lipinski definition) is 4. The van der Waals surface area contributed by atoms with Crippen LogP contribution >= 0.6 is 0 Å². The molecule has 4 N–H and O–H groups in total. The van der Waals surface area contributed by atoms with Gasteiger partial charge >= 0.3 is 5.97 Å². The minimum absolute atomic E-state index is 0.258. The summed E-state index contributed by atoms with van der Waals surface area (Å²) in [7, 11) is 0. The molecule has 15 heavy (non-hydrogen) atoms. The lowest BCUT2D eigenvalue weighted by molar-refractivity contribution is -0.152. The molecule has 1 atom stereocenters. The summed E-state index contributed by atoms with van der Waals surface area (Å²) in [4.78, 5) is 34.4. The molecule has 0 aromatic carbocycles. The number of carboxylic acid groups (broad SMARTS) is 1. The van der Waals surface area contributed by atoms with Crippen molar-refractivity contribution in [2.45, 2.75) is 12.5 Å². The molecule has 0 radical (unpaired) electrons. The Morgan fingerprint density at radius 2 is 2.27 bits per heavy atom. The van der Waals surface area contributed by atoms with E-state index < -0.39 is 29.9 Å². The first kappa shape index (κ1) is 11.4. The van der Waals surface area contributed by atoms with Gasteiger partial charge in [0, 0.05) is 13.1 Å². The van der Waals surface area contributed by atoms with E-state index in [0.29, 0.717) is 6.54 Å². The van der Waals surface area contributed by atoms with Crippen LogP contribution in [0.25, 0.3) is 0 Å². The molecule has 1 aliphatic heterocycles. The predicted molar refractivity (Wildman–Crippen MR) is 49.8 cm³/mol. The van der Waals surface area contributed by atoms with Crippen molar-refractivity contribution in [2.75, 3.05) is 19.6 Å². The Morgan fingerprint density at radius 3 is 2.73 bits per heavy atom. The molecule has 0 saturated carbocycles. The van der Waals surface area contributed by atoms with Gasteiger partial charge in [-0.05, 0) is 6.92 Å². The zero-order valence-electron chi connectivity index (χ0n) is 8.32. The number of nitrogens with zero attached hydrogens (tertiary/aromatic N) is 1. The molecular weight excluding hydrogens is 202 g/mol. The van der Waals surface area contributed by atoms with Gasteiger partial charge in [-0.1, -0.05) is 0 Å². The quantitative estimate of drug-likeness (QED) is 0.460. The largest absolute Gasteiger partial charge is 0.480 e. The zero-order valence-corrected chi connectivity index (χ0v) is 8.32. The molecule has 2 amide bonds. The fourth-order valence-corrected chi connectivity index (χ4v) is 1.44. The van der Waals surface area contributed by atoms with Gasteiger partial charge in [-0.2, -0.15) is 0 Å². The number of rotatable bonds is 3. The maximum absolute atomic E-state index is 11.7. The van der Waals surface area contributed by atoms with Gasteiger partial charge in [-0.15, -0.1) is 0 Å². The molecule has 7 heteroatoms. The first-order valence-electron chi connectivity index (χ1n) is 4.44. The normalized spacial score (nSPS) is 26.5. The van der Waals surface area contributed by atoms with Gasteiger partial charge in [0.15, 0.2) is 5.54 Å². The van der Waals surface area contributed by atoms with Crippen LogP contribution in [-0.2, 0) is 14.4 Å². The lowest BCUT2D eigenvalue weighted by atomic mass is 9.97. The molecule has 1 fully saturated rings. The maximum Gasteiger partial charge on any atom is 0.323 e. The molecule has 7 nitrogen and oxygen atoms in total. The summed E-state index contributed by atoms with van der Waals surface area (Å²) in [6, 6.07) is 0. The van der Waals surface area contributed by atoms with Crippen LogP contribution in [0.5, 0.6) is 0 Å². The minimum atomic E-state index is -1.49. The van der Waals surface area contributed by atoms with Crippen molar-refractivity contribution < 1.29 is 19.5 Å². The SMILES string of the molecule is C[C@@]1(C(N)=O)NCCN(CC(=O)O)C1=O. The number of nitrogens with two attached hydrogens (primary N) is 1. The van der Waals surface area contributed by atoms with E-state index in [1.165, 1.54) is 6.92 Å². The monoisotopic (exact) mass is 215 g/mol. The van der Waals surface area contributed by atoms with Crippen LogP contribution in [0, 0.1) is 0 Å². The fourth-order valence-electron chi connectivity index (χ4n) is 1.44. The summed E-state index contributed by atoms with van der Waals surface area (Å²) in [6.45, 7) is 1.54. The highest BCUT2D eigenvalue weighted by atomic mass is 16.4. The summed E-state index contributed by atoms with van der Waals surface area (Å²) in [6.07, 6.45) is 0. The van der Waals surface area contributed by atoms with Crippen molar-refractivity contribution >= 4 is 17.8 Å². The Hall–Kier alpha value is -1.63. The molecule has 0 aromatic rings. The number of amides is 2. The van der Waals surface area contributed by atoms with Crippen molar-refractivity contribution in [3.8, 4) is 0 Å². The number of carbonyl (C=O) groups excluding carboxylic acids is 2. The molecule has 0 aromatic heterocycles. The first-order chi connectivity index (χ1) is 6.88.